The first kappa shape index (κ1) is 19.1. The van der Waals surface area contributed by atoms with Crippen molar-refractivity contribution in [2.24, 2.45) is 0 Å². The molecule has 1 aromatic carbocycles. The Balaban J connectivity index is 1.41. The van der Waals surface area contributed by atoms with E-state index in [1.807, 2.05) is 12.3 Å². The summed E-state index contributed by atoms with van der Waals surface area (Å²) in [6, 6.07) is 9.04. The van der Waals surface area contributed by atoms with E-state index in [1.54, 1.807) is 7.11 Å². The highest BCUT2D eigenvalue weighted by Gasteiger charge is 2.24. The SMILES string of the molecule is COc1cc(CN2CCNCC2)ccc1Cn1ccc2nc(N)nc(NC3CC3)c21. The number of nitrogen functional groups attached to an aromatic ring is 1. The monoisotopic (exact) mass is 407 g/mol. The molecular weight excluding hydrogens is 378 g/mol. The van der Waals surface area contributed by atoms with E-state index >= 15 is 0 Å². The predicted octanol–water partition coefficient (Wildman–Crippen LogP) is 2.05. The second-order valence-electron chi connectivity index (χ2n) is 8.20. The van der Waals surface area contributed by atoms with Gasteiger partial charge in [0.15, 0.2) is 5.82 Å². The Morgan fingerprint density at radius 1 is 1.17 bits per heavy atom. The van der Waals surface area contributed by atoms with Gasteiger partial charge in [-0.25, -0.2) is 4.98 Å². The van der Waals surface area contributed by atoms with Crippen LogP contribution in [0.5, 0.6) is 5.75 Å². The summed E-state index contributed by atoms with van der Waals surface area (Å²) in [4.78, 5) is 11.4. The summed E-state index contributed by atoms with van der Waals surface area (Å²) in [5.74, 6) is 2.04. The van der Waals surface area contributed by atoms with E-state index in [4.69, 9.17) is 10.5 Å². The molecule has 2 fully saturated rings. The molecule has 1 aliphatic carbocycles. The van der Waals surface area contributed by atoms with Crippen molar-refractivity contribution in [2.75, 3.05) is 44.3 Å². The van der Waals surface area contributed by atoms with Gasteiger partial charge in [0.25, 0.3) is 0 Å². The minimum absolute atomic E-state index is 0.304. The molecule has 4 N–H and O–H groups in total. The molecule has 1 saturated heterocycles. The van der Waals surface area contributed by atoms with Crippen molar-refractivity contribution >= 4 is 22.8 Å². The van der Waals surface area contributed by atoms with Crippen LogP contribution in [0.1, 0.15) is 24.0 Å². The molecule has 0 bridgehead atoms. The van der Waals surface area contributed by atoms with Crippen molar-refractivity contribution in [1.82, 2.24) is 24.8 Å². The average molecular weight is 408 g/mol. The van der Waals surface area contributed by atoms with Crippen LogP contribution < -0.4 is 21.1 Å². The quantitative estimate of drug-likeness (QED) is 0.552. The van der Waals surface area contributed by atoms with E-state index in [0.717, 1.165) is 60.9 Å². The van der Waals surface area contributed by atoms with Crippen molar-refractivity contribution in [3.05, 3.63) is 41.6 Å². The lowest BCUT2D eigenvalue weighted by atomic mass is 10.1. The summed E-state index contributed by atoms with van der Waals surface area (Å²) in [6.45, 7) is 5.92. The highest BCUT2D eigenvalue weighted by atomic mass is 16.5. The van der Waals surface area contributed by atoms with Gasteiger partial charge in [0.1, 0.15) is 11.3 Å². The van der Waals surface area contributed by atoms with E-state index in [9.17, 15) is 0 Å². The lowest BCUT2D eigenvalue weighted by Crippen LogP contribution is -2.42. The molecule has 0 spiro atoms. The molecule has 0 radical (unpaired) electrons. The number of hydrogen-bond acceptors (Lipinski definition) is 7. The zero-order valence-electron chi connectivity index (χ0n) is 17.4. The Kier molecular flexibility index (Phi) is 5.18. The fourth-order valence-electron chi connectivity index (χ4n) is 4.11. The summed E-state index contributed by atoms with van der Waals surface area (Å²) >= 11 is 0. The Bertz CT molecular complexity index is 1040. The lowest BCUT2D eigenvalue weighted by molar-refractivity contribution is 0.233. The van der Waals surface area contributed by atoms with Gasteiger partial charge in [-0.2, -0.15) is 4.98 Å². The third-order valence-corrected chi connectivity index (χ3v) is 5.85. The van der Waals surface area contributed by atoms with Gasteiger partial charge in [-0.15, -0.1) is 0 Å². The molecule has 3 heterocycles. The van der Waals surface area contributed by atoms with Crippen LogP contribution >= 0.6 is 0 Å². The number of anilines is 2. The first-order chi connectivity index (χ1) is 14.7. The van der Waals surface area contributed by atoms with Crippen LogP contribution in [0.3, 0.4) is 0 Å². The number of nitrogens with one attached hydrogen (secondary N) is 2. The van der Waals surface area contributed by atoms with Gasteiger partial charge in [-0.1, -0.05) is 12.1 Å². The van der Waals surface area contributed by atoms with Gasteiger partial charge < -0.3 is 25.7 Å². The molecule has 8 heteroatoms. The van der Waals surface area contributed by atoms with Gasteiger partial charge in [0.2, 0.25) is 5.95 Å². The number of methoxy groups -OCH3 is 1. The van der Waals surface area contributed by atoms with Crippen molar-refractivity contribution < 1.29 is 4.74 Å². The standard InChI is InChI=1S/C22H29N7O/c1-30-19-12-15(13-28-10-7-24-8-11-28)2-3-16(19)14-29-9-6-18-20(29)21(25-17-4-5-17)27-22(23)26-18/h2-3,6,9,12,17,24H,4-5,7-8,10-11,13-14H2,1H3,(H3,23,25,26,27). The minimum Gasteiger partial charge on any atom is -0.496 e. The number of fused-ring (bicyclic) bond motifs is 1. The van der Waals surface area contributed by atoms with Crippen molar-refractivity contribution in [2.45, 2.75) is 32.0 Å². The number of ether oxygens (including phenoxy) is 1. The molecule has 30 heavy (non-hydrogen) atoms. The van der Waals surface area contributed by atoms with Gasteiger partial charge >= 0.3 is 0 Å². The Morgan fingerprint density at radius 3 is 2.77 bits per heavy atom. The summed E-state index contributed by atoms with van der Waals surface area (Å²) in [5, 5.41) is 6.90. The number of nitrogens with two attached hydrogens (primary N) is 1. The maximum Gasteiger partial charge on any atom is 0.222 e. The van der Waals surface area contributed by atoms with E-state index in [1.165, 1.54) is 18.4 Å². The third-order valence-electron chi connectivity index (χ3n) is 5.85. The van der Waals surface area contributed by atoms with Gasteiger partial charge in [0.05, 0.1) is 19.2 Å². The summed E-state index contributed by atoms with van der Waals surface area (Å²) in [6.07, 6.45) is 4.40. The highest BCUT2D eigenvalue weighted by Crippen LogP contribution is 2.30. The molecule has 3 aromatic rings. The average Bonchev–Trinajstić information content (AvgIpc) is 3.48. The van der Waals surface area contributed by atoms with Crippen molar-refractivity contribution in [3.63, 3.8) is 0 Å². The van der Waals surface area contributed by atoms with Crippen LogP contribution in [0.15, 0.2) is 30.5 Å². The molecule has 2 aliphatic rings. The number of aromatic nitrogens is 3. The molecule has 1 saturated carbocycles. The molecule has 0 amide bonds. The van der Waals surface area contributed by atoms with Crippen LogP contribution in [0.2, 0.25) is 0 Å². The molecule has 158 valence electrons. The van der Waals surface area contributed by atoms with Gasteiger partial charge in [-0.05, 0) is 30.5 Å². The smallest absolute Gasteiger partial charge is 0.222 e. The largest absolute Gasteiger partial charge is 0.496 e. The van der Waals surface area contributed by atoms with E-state index in [2.05, 4.69) is 48.3 Å². The second kappa shape index (κ2) is 8.12. The van der Waals surface area contributed by atoms with Gasteiger partial charge in [0, 0.05) is 50.5 Å². The van der Waals surface area contributed by atoms with Crippen LogP contribution in [-0.2, 0) is 13.1 Å². The summed E-state index contributed by atoms with van der Waals surface area (Å²) in [7, 11) is 1.74. The zero-order valence-corrected chi connectivity index (χ0v) is 17.4. The number of nitrogens with zero attached hydrogens (tertiary/aromatic N) is 4. The maximum atomic E-state index is 5.92. The maximum absolute atomic E-state index is 5.92. The molecule has 2 aromatic heterocycles. The van der Waals surface area contributed by atoms with Crippen LogP contribution in [0.4, 0.5) is 11.8 Å². The van der Waals surface area contributed by atoms with E-state index in [-0.39, 0.29) is 0 Å². The first-order valence-corrected chi connectivity index (χ1v) is 10.7. The second-order valence-corrected chi connectivity index (χ2v) is 8.20. The van der Waals surface area contributed by atoms with Crippen molar-refractivity contribution in [1.29, 1.82) is 0 Å². The highest BCUT2D eigenvalue weighted by molar-refractivity contribution is 5.88. The third kappa shape index (κ3) is 4.06. The number of piperazine rings is 1. The topological polar surface area (TPSA) is 93.3 Å². The summed E-state index contributed by atoms with van der Waals surface area (Å²) < 4.78 is 7.92. The molecule has 1 aliphatic heterocycles. The molecule has 0 atom stereocenters. The van der Waals surface area contributed by atoms with E-state index in [0.29, 0.717) is 18.5 Å². The molecule has 0 unspecified atom stereocenters. The van der Waals surface area contributed by atoms with Crippen LogP contribution in [-0.4, -0.2) is 58.8 Å². The minimum atomic E-state index is 0.304. The zero-order chi connectivity index (χ0) is 20.5. The Morgan fingerprint density at radius 2 is 2.00 bits per heavy atom. The number of hydrogen-bond donors (Lipinski definition) is 3. The van der Waals surface area contributed by atoms with E-state index < -0.39 is 0 Å². The summed E-state index contributed by atoms with van der Waals surface area (Å²) in [5.41, 5.74) is 10.2. The lowest BCUT2D eigenvalue weighted by Gasteiger charge is -2.27. The van der Waals surface area contributed by atoms with Crippen LogP contribution in [0.25, 0.3) is 11.0 Å². The molecule has 8 nitrogen and oxygen atoms in total. The van der Waals surface area contributed by atoms with Crippen LogP contribution in [0, 0.1) is 0 Å². The van der Waals surface area contributed by atoms with Crippen molar-refractivity contribution in [3.8, 4) is 5.75 Å². The predicted molar refractivity (Wildman–Crippen MR) is 119 cm³/mol. The fraction of sp³-hybridized carbons (Fsp3) is 0.455. The Hall–Kier alpha value is -2.84. The molecule has 5 rings (SSSR count). The normalized spacial score (nSPS) is 17.4. The number of rotatable bonds is 7. The number of benzene rings is 1. The molecular formula is C22H29N7O. The fourth-order valence-corrected chi connectivity index (χ4v) is 4.11. The Labute approximate surface area is 176 Å². The first-order valence-electron chi connectivity index (χ1n) is 10.7. The van der Waals surface area contributed by atoms with Gasteiger partial charge in [-0.3, -0.25) is 4.90 Å².